The molecule has 0 radical (unpaired) electrons. The molecule has 1 aromatic carbocycles. The molecule has 0 saturated heterocycles. The first-order valence-electron chi connectivity index (χ1n) is 9.62. The topological polar surface area (TPSA) is 63.5 Å². The van der Waals surface area contributed by atoms with E-state index in [-0.39, 0.29) is 36.1 Å². The number of para-hydroxylation sites is 1. The first-order chi connectivity index (χ1) is 12.9. The summed E-state index contributed by atoms with van der Waals surface area (Å²) in [5, 5.41) is 11.4. The number of halogens is 1. The van der Waals surface area contributed by atoms with E-state index in [2.05, 4.69) is 48.4 Å². The van der Waals surface area contributed by atoms with Crippen molar-refractivity contribution in [2.24, 2.45) is 12.0 Å². The molecule has 2 rings (SSSR count). The molecule has 28 heavy (non-hydrogen) atoms. The van der Waals surface area contributed by atoms with E-state index >= 15 is 0 Å². The van der Waals surface area contributed by atoms with Crippen molar-refractivity contribution in [1.29, 1.82) is 0 Å². The number of nitrogens with one attached hydrogen (secondary N) is 2. The van der Waals surface area contributed by atoms with Crippen molar-refractivity contribution in [3.05, 3.63) is 47.3 Å². The van der Waals surface area contributed by atoms with E-state index in [4.69, 9.17) is 4.74 Å². The van der Waals surface area contributed by atoms with Crippen LogP contribution in [0.3, 0.4) is 0 Å². The van der Waals surface area contributed by atoms with Gasteiger partial charge in [-0.05, 0) is 51.3 Å². The highest BCUT2D eigenvalue weighted by Gasteiger charge is 2.15. The summed E-state index contributed by atoms with van der Waals surface area (Å²) < 4.78 is 7.98. The van der Waals surface area contributed by atoms with Gasteiger partial charge in [-0.25, -0.2) is 0 Å². The van der Waals surface area contributed by atoms with Gasteiger partial charge in [-0.3, -0.25) is 9.67 Å². The van der Waals surface area contributed by atoms with Gasteiger partial charge in [0.1, 0.15) is 11.9 Å². The van der Waals surface area contributed by atoms with Gasteiger partial charge in [-0.2, -0.15) is 5.10 Å². The molecule has 0 aliphatic rings. The van der Waals surface area contributed by atoms with Crippen molar-refractivity contribution in [2.75, 3.05) is 13.6 Å². The van der Waals surface area contributed by atoms with Gasteiger partial charge >= 0.3 is 0 Å². The highest BCUT2D eigenvalue weighted by Crippen LogP contribution is 2.14. The molecule has 0 aliphatic carbocycles. The number of hydrogen-bond donors (Lipinski definition) is 2. The molecule has 2 atom stereocenters. The van der Waals surface area contributed by atoms with Crippen LogP contribution in [0.4, 0.5) is 0 Å². The number of hydrogen-bond acceptors (Lipinski definition) is 3. The Labute approximate surface area is 186 Å². The van der Waals surface area contributed by atoms with Crippen molar-refractivity contribution < 1.29 is 4.74 Å². The lowest BCUT2D eigenvalue weighted by Crippen LogP contribution is -2.46. The predicted molar refractivity (Wildman–Crippen MR) is 127 cm³/mol. The third-order valence-electron chi connectivity index (χ3n) is 4.77. The van der Waals surface area contributed by atoms with Gasteiger partial charge < -0.3 is 15.4 Å². The Bertz CT molecular complexity index is 745. The third kappa shape index (κ3) is 7.00. The van der Waals surface area contributed by atoms with Crippen LogP contribution in [0.15, 0.2) is 35.3 Å². The van der Waals surface area contributed by atoms with E-state index < -0.39 is 0 Å². The van der Waals surface area contributed by atoms with Crippen molar-refractivity contribution in [3.63, 3.8) is 0 Å². The predicted octanol–water partition coefficient (Wildman–Crippen LogP) is 3.61. The summed E-state index contributed by atoms with van der Waals surface area (Å²) in [6.07, 6.45) is 1.91. The molecule has 0 saturated carbocycles. The van der Waals surface area contributed by atoms with Gasteiger partial charge in [0.2, 0.25) is 0 Å². The highest BCUT2D eigenvalue weighted by atomic mass is 127. The largest absolute Gasteiger partial charge is 0.489 e. The lowest BCUT2D eigenvalue weighted by atomic mass is 10.1. The molecule has 1 aromatic heterocycles. The van der Waals surface area contributed by atoms with E-state index in [0.717, 1.165) is 30.2 Å². The van der Waals surface area contributed by atoms with E-state index in [9.17, 15) is 0 Å². The summed E-state index contributed by atoms with van der Waals surface area (Å²) in [4.78, 5) is 4.35. The molecule has 156 valence electrons. The van der Waals surface area contributed by atoms with E-state index in [0.29, 0.717) is 6.54 Å². The molecule has 6 nitrogen and oxygen atoms in total. The minimum Gasteiger partial charge on any atom is -0.489 e. The van der Waals surface area contributed by atoms with Gasteiger partial charge in [0, 0.05) is 25.8 Å². The van der Waals surface area contributed by atoms with Crippen LogP contribution in [0.1, 0.15) is 37.2 Å². The van der Waals surface area contributed by atoms with E-state index in [1.54, 1.807) is 7.05 Å². The summed E-state index contributed by atoms with van der Waals surface area (Å²) in [6, 6.07) is 10.2. The van der Waals surface area contributed by atoms with Gasteiger partial charge in [-0.1, -0.05) is 25.1 Å². The van der Waals surface area contributed by atoms with Crippen LogP contribution in [0, 0.1) is 13.8 Å². The Hall–Kier alpha value is -1.77. The maximum Gasteiger partial charge on any atom is 0.191 e. The zero-order valence-corrected chi connectivity index (χ0v) is 20.2. The Morgan fingerprint density at radius 2 is 1.93 bits per heavy atom. The van der Waals surface area contributed by atoms with Crippen LogP contribution in [0.25, 0.3) is 0 Å². The monoisotopic (exact) mass is 499 g/mol. The highest BCUT2D eigenvalue weighted by molar-refractivity contribution is 14.0. The fourth-order valence-electron chi connectivity index (χ4n) is 3.07. The standard InChI is InChI=1S/C21H33N5O.HI/c1-7-18(27-19-11-9-8-10-12-19)14-23-21(22-5)24-15(2)13-20-16(3)25-26(6)17(20)4;/h8-12,15,18H,7,13-14H2,1-6H3,(H2,22,23,24);1H. The SMILES string of the molecule is CCC(CNC(=NC)NC(C)Cc1c(C)nn(C)c1C)Oc1ccccc1.I. The first-order valence-corrected chi connectivity index (χ1v) is 9.62. The van der Waals surface area contributed by atoms with Crippen LogP contribution in [0.2, 0.25) is 0 Å². The lowest BCUT2D eigenvalue weighted by Gasteiger charge is -2.22. The fourth-order valence-corrected chi connectivity index (χ4v) is 3.07. The molecule has 2 aromatic rings. The minimum atomic E-state index is 0. The Balaban J connectivity index is 0.00000392. The van der Waals surface area contributed by atoms with E-state index in [1.807, 2.05) is 42.1 Å². The minimum absolute atomic E-state index is 0. The number of benzene rings is 1. The molecule has 0 spiro atoms. The molecule has 7 heteroatoms. The van der Waals surface area contributed by atoms with E-state index in [1.165, 1.54) is 11.3 Å². The van der Waals surface area contributed by atoms with Crippen LogP contribution in [0.5, 0.6) is 5.75 Å². The third-order valence-corrected chi connectivity index (χ3v) is 4.77. The number of guanidine groups is 1. The summed E-state index contributed by atoms with van der Waals surface area (Å²) in [7, 11) is 3.78. The number of nitrogens with zero attached hydrogens (tertiary/aromatic N) is 3. The number of ether oxygens (including phenoxy) is 1. The van der Waals surface area contributed by atoms with Crippen LogP contribution < -0.4 is 15.4 Å². The zero-order chi connectivity index (χ0) is 19.8. The number of aliphatic imine (C=N–C) groups is 1. The zero-order valence-electron chi connectivity index (χ0n) is 17.8. The smallest absolute Gasteiger partial charge is 0.191 e. The van der Waals surface area contributed by atoms with Gasteiger partial charge in [0.05, 0.1) is 12.2 Å². The molecule has 0 aliphatic heterocycles. The maximum atomic E-state index is 6.04. The molecule has 1 heterocycles. The summed E-state index contributed by atoms with van der Waals surface area (Å²) in [5.41, 5.74) is 3.60. The van der Waals surface area contributed by atoms with Crippen molar-refractivity contribution in [1.82, 2.24) is 20.4 Å². The Morgan fingerprint density at radius 1 is 1.25 bits per heavy atom. The van der Waals surface area contributed by atoms with Crippen LogP contribution in [-0.2, 0) is 13.5 Å². The molecular formula is C21H34IN5O. The summed E-state index contributed by atoms with van der Waals surface area (Å²) in [6.45, 7) is 9.16. The maximum absolute atomic E-state index is 6.04. The van der Waals surface area contributed by atoms with Crippen molar-refractivity contribution >= 4 is 29.9 Å². The molecule has 2 N–H and O–H groups in total. The second kappa shape index (κ2) is 11.9. The fraction of sp³-hybridized carbons (Fsp3) is 0.524. The van der Waals surface area contributed by atoms with Crippen molar-refractivity contribution in [3.8, 4) is 5.75 Å². The van der Waals surface area contributed by atoms with Crippen LogP contribution in [-0.4, -0.2) is 41.5 Å². The van der Waals surface area contributed by atoms with Gasteiger partial charge in [-0.15, -0.1) is 24.0 Å². The lowest BCUT2D eigenvalue weighted by molar-refractivity contribution is 0.199. The average molecular weight is 499 g/mol. The molecule has 0 bridgehead atoms. The Kier molecular flexibility index (Phi) is 10.3. The van der Waals surface area contributed by atoms with Gasteiger partial charge in [0.25, 0.3) is 0 Å². The van der Waals surface area contributed by atoms with Crippen LogP contribution >= 0.6 is 24.0 Å². The van der Waals surface area contributed by atoms with Crippen molar-refractivity contribution in [2.45, 2.75) is 52.7 Å². The molecule has 0 amide bonds. The first kappa shape index (κ1) is 24.3. The summed E-state index contributed by atoms with van der Waals surface area (Å²) in [5.74, 6) is 1.68. The number of aryl methyl sites for hydroxylation is 2. The van der Waals surface area contributed by atoms with Gasteiger partial charge in [0.15, 0.2) is 5.96 Å². The molecular weight excluding hydrogens is 465 g/mol. The quantitative estimate of drug-likeness (QED) is 0.331. The second-order valence-corrected chi connectivity index (χ2v) is 6.94. The number of rotatable bonds is 8. The molecule has 2 unspecified atom stereocenters. The number of aromatic nitrogens is 2. The normalized spacial score (nSPS) is 13.4. The Morgan fingerprint density at radius 3 is 2.46 bits per heavy atom. The summed E-state index contributed by atoms with van der Waals surface area (Å²) >= 11 is 0. The molecule has 0 fully saturated rings. The average Bonchev–Trinajstić information content (AvgIpc) is 2.90. The second-order valence-electron chi connectivity index (χ2n) is 6.94.